The second kappa shape index (κ2) is 4.76. The monoisotopic (exact) mass is 348 g/mol. The predicted octanol–water partition coefficient (Wildman–Crippen LogP) is 5.05. The molecule has 2 atom stereocenters. The maximum absolute atomic E-state index is 12.9. The van der Waals surface area contributed by atoms with Gasteiger partial charge in [0.1, 0.15) is 0 Å². The highest BCUT2D eigenvalue weighted by atomic mass is 35.7. The average molecular weight is 349 g/mol. The van der Waals surface area contributed by atoms with E-state index in [1.807, 2.05) is 0 Å². The van der Waals surface area contributed by atoms with Gasteiger partial charge in [0, 0.05) is 17.7 Å². The normalized spacial score (nSPS) is 32.2. The fourth-order valence-electron chi connectivity index (χ4n) is 1.66. The van der Waals surface area contributed by atoms with E-state index in [4.69, 9.17) is 11.2 Å². The van der Waals surface area contributed by atoms with Crippen LogP contribution in [0, 0.1) is 5.41 Å². The summed E-state index contributed by atoms with van der Waals surface area (Å²) in [6.45, 7) is -0.988. The Morgan fingerprint density at radius 2 is 1.50 bits per heavy atom. The Labute approximate surface area is 115 Å². The van der Waals surface area contributed by atoms with Gasteiger partial charge in [0.15, 0.2) is 0 Å². The SMILES string of the molecule is CC(C)(C)[C@@H]1CC(C(F)(F)F)(C(F)(F)F)O[P@](=O)(Cl)O1. The maximum atomic E-state index is 12.9. The minimum Gasteiger partial charge on any atom is -0.293 e. The highest BCUT2D eigenvalue weighted by Gasteiger charge is 2.77. The third kappa shape index (κ3) is 3.26. The minimum atomic E-state index is -5.83. The Kier molecular flexibility index (Phi) is 4.30. The molecule has 1 fully saturated rings. The van der Waals surface area contributed by atoms with Gasteiger partial charge in [-0.2, -0.15) is 26.3 Å². The van der Waals surface area contributed by atoms with Crippen LogP contribution in [0.1, 0.15) is 27.2 Å². The quantitative estimate of drug-likeness (QED) is 0.454. The Bertz CT molecular complexity index is 413. The zero-order valence-corrected chi connectivity index (χ0v) is 12.3. The second-order valence-corrected chi connectivity index (χ2v) is 8.01. The van der Waals surface area contributed by atoms with Gasteiger partial charge in [-0.25, -0.2) is 4.57 Å². The first-order chi connectivity index (χ1) is 8.52. The van der Waals surface area contributed by atoms with Gasteiger partial charge in [0.2, 0.25) is 0 Å². The molecule has 0 unspecified atom stereocenters. The fourth-order valence-corrected chi connectivity index (χ4v) is 3.69. The van der Waals surface area contributed by atoms with Gasteiger partial charge in [-0.05, 0) is 5.41 Å². The molecule has 1 heterocycles. The van der Waals surface area contributed by atoms with E-state index in [-0.39, 0.29) is 0 Å². The molecule has 120 valence electrons. The van der Waals surface area contributed by atoms with Crippen LogP contribution >= 0.6 is 18.2 Å². The molecule has 11 heteroatoms. The Balaban J connectivity index is 3.42. The van der Waals surface area contributed by atoms with Crippen LogP contribution in [0.5, 0.6) is 0 Å². The highest BCUT2D eigenvalue weighted by molar-refractivity contribution is 7.81. The van der Waals surface area contributed by atoms with E-state index in [2.05, 4.69) is 9.05 Å². The summed E-state index contributed by atoms with van der Waals surface area (Å²) in [7, 11) is 0. The smallest absolute Gasteiger partial charge is 0.293 e. The summed E-state index contributed by atoms with van der Waals surface area (Å²) >= 11 is 5.08. The molecule has 0 aliphatic carbocycles. The molecule has 0 saturated carbocycles. The summed E-state index contributed by atoms with van der Waals surface area (Å²) in [5.41, 5.74) is -5.75. The summed E-state index contributed by atoms with van der Waals surface area (Å²) < 4.78 is 97.3. The van der Waals surface area contributed by atoms with Gasteiger partial charge in [-0.15, -0.1) is 0 Å². The molecular formula is C9H12ClF6O3P. The molecule has 0 aromatic carbocycles. The van der Waals surface area contributed by atoms with Crippen molar-refractivity contribution in [3.05, 3.63) is 0 Å². The lowest BCUT2D eigenvalue weighted by Crippen LogP contribution is -2.62. The molecule has 1 rings (SSSR count). The summed E-state index contributed by atoms with van der Waals surface area (Å²) in [4.78, 5) is 0. The van der Waals surface area contributed by atoms with Gasteiger partial charge in [0.05, 0.1) is 6.10 Å². The first-order valence-electron chi connectivity index (χ1n) is 5.34. The zero-order chi connectivity index (χ0) is 16.2. The molecule has 0 radical (unpaired) electrons. The second-order valence-electron chi connectivity index (χ2n) is 5.51. The number of alkyl halides is 6. The molecule has 0 aromatic heterocycles. The lowest BCUT2D eigenvalue weighted by atomic mass is 9.81. The third-order valence-electron chi connectivity index (χ3n) is 2.87. The van der Waals surface area contributed by atoms with Crippen LogP contribution in [0.3, 0.4) is 0 Å². The lowest BCUT2D eigenvalue weighted by Gasteiger charge is -2.46. The lowest BCUT2D eigenvalue weighted by molar-refractivity contribution is -0.373. The fraction of sp³-hybridized carbons (Fsp3) is 1.00. The average Bonchev–Trinajstić information content (AvgIpc) is 2.09. The topological polar surface area (TPSA) is 35.5 Å². The number of hydrogen-bond donors (Lipinski definition) is 0. The Hall–Kier alpha value is 0.0200. The van der Waals surface area contributed by atoms with Crippen molar-refractivity contribution in [1.82, 2.24) is 0 Å². The van der Waals surface area contributed by atoms with Crippen LogP contribution in [0.25, 0.3) is 0 Å². The van der Waals surface area contributed by atoms with Crippen molar-refractivity contribution in [2.75, 3.05) is 0 Å². The molecule has 1 saturated heterocycles. The summed E-state index contributed by atoms with van der Waals surface area (Å²) in [5, 5.41) is 0. The van der Waals surface area contributed by atoms with E-state index in [9.17, 15) is 30.9 Å². The molecule has 20 heavy (non-hydrogen) atoms. The van der Waals surface area contributed by atoms with Crippen molar-refractivity contribution in [2.24, 2.45) is 5.41 Å². The first kappa shape index (κ1) is 18.1. The van der Waals surface area contributed by atoms with E-state index in [0.29, 0.717) is 0 Å². The van der Waals surface area contributed by atoms with Crippen LogP contribution < -0.4 is 0 Å². The van der Waals surface area contributed by atoms with Crippen LogP contribution in [-0.2, 0) is 13.6 Å². The maximum Gasteiger partial charge on any atom is 0.427 e. The van der Waals surface area contributed by atoms with Crippen molar-refractivity contribution >= 4 is 18.2 Å². The summed E-state index contributed by atoms with van der Waals surface area (Å²) in [6.07, 6.45) is -14.9. The molecule has 1 aliphatic heterocycles. The van der Waals surface area contributed by atoms with E-state index < -0.39 is 42.8 Å². The van der Waals surface area contributed by atoms with Gasteiger partial charge in [-0.1, -0.05) is 20.8 Å². The Morgan fingerprint density at radius 3 is 1.80 bits per heavy atom. The van der Waals surface area contributed by atoms with E-state index >= 15 is 0 Å². The summed E-state index contributed by atoms with van der Waals surface area (Å²) in [5.74, 6) is 0. The standard InChI is InChI=1S/C9H12ClF6O3P/c1-6(2,3)5-4-7(8(11,12)13,9(14,15)16)19-20(10,17)18-5/h5H,4H2,1-3H3/t5-,20-/m0/s1. The predicted molar refractivity (Wildman–Crippen MR) is 58.3 cm³/mol. The molecule has 0 N–H and O–H groups in total. The molecule has 3 nitrogen and oxygen atoms in total. The van der Waals surface area contributed by atoms with Crippen LogP contribution in [0.2, 0.25) is 0 Å². The molecule has 0 amide bonds. The minimum absolute atomic E-state index is 1.14. The van der Waals surface area contributed by atoms with E-state index in [1.165, 1.54) is 20.8 Å². The van der Waals surface area contributed by atoms with Crippen LogP contribution in [0.4, 0.5) is 26.3 Å². The largest absolute Gasteiger partial charge is 0.427 e. The molecule has 0 spiro atoms. The van der Waals surface area contributed by atoms with Crippen molar-refractivity contribution in [1.29, 1.82) is 0 Å². The van der Waals surface area contributed by atoms with Crippen molar-refractivity contribution in [2.45, 2.75) is 51.2 Å². The van der Waals surface area contributed by atoms with Crippen molar-refractivity contribution in [3.8, 4) is 0 Å². The van der Waals surface area contributed by atoms with Crippen molar-refractivity contribution < 1.29 is 40.0 Å². The van der Waals surface area contributed by atoms with E-state index in [1.54, 1.807) is 0 Å². The first-order valence-corrected chi connectivity index (χ1v) is 7.79. The zero-order valence-electron chi connectivity index (χ0n) is 10.6. The van der Waals surface area contributed by atoms with Gasteiger partial charge in [0.25, 0.3) is 5.60 Å². The van der Waals surface area contributed by atoms with Gasteiger partial charge in [-0.3, -0.25) is 9.05 Å². The van der Waals surface area contributed by atoms with Crippen LogP contribution in [0.15, 0.2) is 0 Å². The van der Waals surface area contributed by atoms with Crippen LogP contribution in [-0.4, -0.2) is 24.1 Å². The Morgan fingerprint density at radius 1 is 1.10 bits per heavy atom. The molecule has 0 bridgehead atoms. The third-order valence-corrected chi connectivity index (χ3v) is 4.35. The molecular weight excluding hydrogens is 337 g/mol. The van der Waals surface area contributed by atoms with Gasteiger partial charge >= 0.3 is 19.3 Å². The highest BCUT2D eigenvalue weighted by Crippen LogP contribution is 2.68. The van der Waals surface area contributed by atoms with Gasteiger partial charge < -0.3 is 0 Å². The summed E-state index contributed by atoms with van der Waals surface area (Å²) in [6, 6.07) is 0. The molecule has 1 aliphatic rings. The number of rotatable bonds is 0. The van der Waals surface area contributed by atoms with Crippen molar-refractivity contribution in [3.63, 3.8) is 0 Å². The number of hydrogen-bond acceptors (Lipinski definition) is 3. The van der Waals surface area contributed by atoms with E-state index in [0.717, 1.165) is 0 Å². The number of halogens is 7. The molecule has 0 aromatic rings.